The minimum absolute atomic E-state index is 0.257. The number of aromatic nitrogens is 1. The van der Waals surface area contributed by atoms with E-state index in [0.717, 1.165) is 6.07 Å². The first-order valence-electron chi connectivity index (χ1n) is 2.45. The summed E-state index contributed by atoms with van der Waals surface area (Å²) in [5, 5.41) is 8.37. The van der Waals surface area contributed by atoms with E-state index in [1.54, 1.807) is 0 Å². The highest BCUT2D eigenvalue weighted by Gasteiger charge is 1.99. The Morgan fingerprint density at radius 2 is 2.40 bits per heavy atom. The van der Waals surface area contributed by atoms with Crippen LogP contribution >= 0.6 is 15.9 Å². The predicted octanol–water partition coefficient (Wildman–Crippen LogP) is 1.85. The maximum atomic E-state index is 12.3. The van der Waals surface area contributed by atoms with E-state index in [1.165, 1.54) is 6.20 Å². The van der Waals surface area contributed by atoms with Crippen molar-refractivity contribution in [1.29, 1.82) is 5.26 Å². The van der Waals surface area contributed by atoms with Gasteiger partial charge in [-0.2, -0.15) is 9.65 Å². The molecule has 0 N–H and O–H groups in total. The Hall–Kier alpha value is -0.950. The second kappa shape index (κ2) is 2.76. The molecule has 0 bridgehead atoms. The van der Waals surface area contributed by atoms with Gasteiger partial charge in [-0.15, -0.1) is 0 Å². The second-order valence-corrected chi connectivity index (χ2v) is 2.45. The molecule has 0 spiro atoms. The summed E-state index contributed by atoms with van der Waals surface area (Å²) in [4.78, 5) is 3.32. The summed E-state index contributed by atoms with van der Waals surface area (Å²) in [6, 6.07) is 2.88. The number of pyridine rings is 1. The number of rotatable bonds is 0. The maximum absolute atomic E-state index is 12.3. The van der Waals surface area contributed by atoms with E-state index >= 15 is 0 Å². The van der Waals surface area contributed by atoms with E-state index in [4.69, 9.17) is 5.26 Å². The van der Waals surface area contributed by atoms with Crippen LogP contribution < -0.4 is 0 Å². The highest BCUT2D eigenvalue weighted by molar-refractivity contribution is 9.10. The third kappa shape index (κ3) is 1.31. The molecule has 1 heterocycles. The summed E-state index contributed by atoms with van der Waals surface area (Å²) >= 11 is 3.04. The molecule has 4 heteroatoms. The van der Waals surface area contributed by atoms with E-state index in [9.17, 15) is 4.39 Å². The lowest BCUT2D eigenvalue weighted by molar-refractivity contribution is 0.582. The molecular formula is C6H2BrFN2. The van der Waals surface area contributed by atoms with Crippen molar-refractivity contribution in [3.63, 3.8) is 0 Å². The van der Waals surface area contributed by atoms with Gasteiger partial charge in [0.2, 0.25) is 5.95 Å². The number of halogens is 2. The molecular weight excluding hydrogens is 199 g/mol. The lowest BCUT2D eigenvalue weighted by Crippen LogP contribution is -1.84. The first-order chi connectivity index (χ1) is 4.74. The second-order valence-electron chi connectivity index (χ2n) is 1.60. The Kier molecular flexibility index (Phi) is 1.97. The van der Waals surface area contributed by atoms with Gasteiger partial charge in [0.1, 0.15) is 6.07 Å². The molecule has 10 heavy (non-hydrogen) atoms. The molecule has 1 aromatic heterocycles. The highest BCUT2D eigenvalue weighted by Crippen LogP contribution is 2.13. The summed E-state index contributed by atoms with van der Waals surface area (Å²) in [6.45, 7) is 0. The van der Waals surface area contributed by atoms with E-state index < -0.39 is 5.95 Å². The Balaban J connectivity index is 3.25. The van der Waals surface area contributed by atoms with Crippen LogP contribution in [0.3, 0.4) is 0 Å². The van der Waals surface area contributed by atoms with E-state index in [-0.39, 0.29) is 5.56 Å². The molecule has 2 nitrogen and oxygen atoms in total. The molecule has 0 aliphatic heterocycles. The van der Waals surface area contributed by atoms with Crippen molar-refractivity contribution in [1.82, 2.24) is 4.98 Å². The molecule has 0 radical (unpaired) electrons. The fourth-order valence-electron chi connectivity index (χ4n) is 0.499. The molecule has 0 atom stereocenters. The van der Waals surface area contributed by atoms with Gasteiger partial charge in [0.15, 0.2) is 0 Å². The first kappa shape index (κ1) is 7.16. The van der Waals surface area contributed by atoms with Gasteiger partial charge in [0.05, 0.1) is 10.0 Å². The Bertz CT molecular complexity index is 292. The summed E-state index contributed by atoms with van der Waals surface area (Å²) < 4.78 is 12.8. The quantitative estimate of drug-likeness (QED) is 0.600. The van der Waals surface area contributed by atoms with Crippen LogP contribution in [-0.2, 0) is 0 Å². The van der Waals surface area contributed by atoms with Gasteiger partial charge in [-0.05, 0) is 15.9 Å². The molecule has 0 aliphatic carbocycles. The van der Waals surface area contributed by atoms with Crippen LogP contribution in [0.5, 0.6) is 0 Å². The lowest BCUT2D eigenvalue weighted by atomic mass is 10.3. The summed E-state index contributed by atoms with van der Waals surface area (Å²) in [7, 11) is 0. The number of hydrogen-bond acceptors (Lipinski definition) is 2. The van der Waals surface area contributed by atoms with Crippen molar-refractivity contribution in [2.24, 2.45) is 0 Å². The normalized spacial score (nSPS) is 8.90. The minimum atomic E-state index is -0.639. The molecule has 0 amide bonds. The fourth-order valence-corrected chi connectivity index (χ4v) is 0.804. The number of nitriles is 1. The molecule has 0 fully saturated rings. The van der Waals surface area contributed by atoms with Gasteiger partial charge in [-0.3, -0.25) is 0 Å². The Morgan fingerprint density at radius 3 is 2.90 bits per heavy atom. The van der Waals surface area contributed by atoms with Gasteiger partial charge in [0, 0.05) is 12.3 Å². The molecule has 1 rings (SSSR count). The Labute approximate surface area is 65.4 Å². The van der Waals surface area contributed by atoms with Crippen LogP contribution in [0.4, 0.5) is 4.39 Å². The van der Waals surface area contributed by atoms with Crippen molar-refractivity contribution >= 4 is 15.9 Å². The molecule has 0 saturated heterocycles. The first-order valence-corrected chi connectivity index (χ1v) is 3.24. The van der Waals surface area contributed by atoms with Gasteiger partial charge in [-0.25, -0.2) is 4.98 Å². The number of nitrogens with zero attached hydrogens (tertiary/aromatic N) is 2. The van der Waals surface area contributed by atoms with Crippen molar-refractivity contribution in [2.45, 2.75) is 0 Å². The summed E-state index contributed by atoms with van der Waals surface area (Å²) in [5.74, 6) is -0.639. The molecule has 50 valence electrons. The zero-order chi connectivity index (χ0) is 7.56. The zero-order valence-corrected chi connectivity index (χ0v) is 6.39. The number of hydrogen-bond donors (Lipinski definition) is 0. The van der Waals surface area contributed by atoms with Crippen LogP contribution in [0, 0.1) is 17.3 Å². The topological polar surface area (TPSA) is 36.7 Å². The largest absolute Gasteiger partial charge is 0.227 e. The lowest BCUT2D eigenvalue weighted by Gasteiger charge is -1.91. The van der Waals surface area contributed by atoms with Crippen LogP contribution in [0.15, 0.2) is 16.7 Å². The molecule has 0 unspecified atom stereocenters. The van der Waals surface area contributed by atoms with Crippen LogP contribution in [0.1, 0.15) is 5.56 Å². The van der Waals surface area contributed by atoms with Crippen molar-refractivity contribution in [2.75, 3.05) is 0 Å². The molecule has 0 saturated carbocycles. The van der Waals surface area contributed by atoms with Gasteiger partial charge >= 0.3 is 0 Å². The third-order valence-electron chi connectivity index (χ3n) is 0.942. The molecule has 0 aliphatic rings. The smallest absolute Gasteiger partial charge is 0.214 e. The summed E-state index contributed by atoms with van der Waals surface area (Å²) in [6.07, 6.45) is 1.26. The monoisotopic (exact) mass is 200 g/mol. The van der Waals surface area contributed by atoms with Crippen LogP contribution in [0.25, 0.3) is 0 Å². The molecule has 0 aromatic carbocycles. The standard InChI is InChI=1S/C6H2BrFN2/c7-5-3-10-6(8)1-4(5)2-9/h1,3H. The fraction of sp³-hybridized carbons (Fsp3) is 0. The molecule has 1 aromatic rings. The van der Waals surface area contributed by atoms with E-state index in [1.807, 2.05) is 6.07 Å². The highest BCUT2D eigenvalue weighted by atomic mass is 79.9. The maximum Gasteiger partial charge on any atom is 0.214 e. The summed E-state index contributed by atoms with van der Waals surface area (Å²) in [5.41, 5.74) is 0.257. The van der Waals surface area contributed by atoms with Crippen molar-refractivity contribution < 1.29 is 4.39 Å². The zero-order valence-electron chi connectivity index (χ0n) is 4.81. The average molecular weight is 201 g/mol. The van der Waals surface area contributed by atoms with Crippen LogP contribution in [0.2, 0.25) is 0 Å². The van der Waals surface area contributed by atoms with Crippen molar-refractivity contribution in [3.05, 3.63) is 28.2 Å². The van der Waals surface area contributed by atoms with E-state index in [2.05, 4.69) is 20.9 Å². The average Bonchev–Trinajstić information content (AvgIpc) is 1.94. The van der Waals surface area contributed by atoms with E-state index in [0.29, 0.717) is 4.47 Å². The predicted molar refractivity (Wildman–Crippen MR) is 36.6 cm³/mol. The van der Waals surface area contributed by atoms with Gasteiger partial charge in [0.25, 0.3) is 0 Å². The minimum Gasteiger partial charge on any atom is -0.227 e. The van der Waals surface area contributed by atoms with Gasteiger partial charge in [-0.1, -0.05) is 0 Å². The Morgan fingerprint density at radius 1 is 1.70 bits per heavy atom. The SMILES string of the molecule is N#Cc1cc(F)ncc1Br. The van der Waals surface area contributed by atoms with Crippen molar-refractivity contribution in [3.8, 4) is 6.07 Å². The van der Waals surface area contributed by atoms with Gasteiger partial charge < -0.3 is 0 Å². The third-order valence-corrected chi connectivity index (χ3v) is 1.57. The van der Waals surface area contributed by atoms with Crippen LogP contribution in [-0.4, -0.2) is 4.98 Å².